The Labute approximate surface area is 226 Å². The van der Waals surface area contributed by atoms with Crippen molar-refractivity contribution >= 4 is 29.1 Å². The molecule has 1 saturated heterocycles. The van der Waals surface area contributed by atoms with Crippen LogP contribution in [0.5, 0.6) is 0 Å². The summed E-state index contributed by atoms with van der Waals surface area (Å²) in [5, 5.41) is 9.09. The van der Waals surface area contributed by atoms with Crippen molar-refractivity contribution in [3.05, 3.63) is 89.5 Å². The van der Waals surface area contributed by atoms with Crippen molar-refractivity contribution in [1.29, 1.82) is 0 Å². The highest BCUT2D eigenvalue weighted by molar-refractivity contribution is 5.97. The lowest BCUT2D eigenvalue weighted by atomic mass is 10.0. The number of hydrogen-bond donors (Lipinski definition) is 2. The van der Waals surface area contributed by atoms with Crippen LogP contribution in [0, 0.1) is 25.5 Å². The number of hydrogen-bond acceptors (Lipinski definition) is 4. The molecule has 0 radical (unpaired) electrons. The van der Waals surface area contributed by atoms with E-state index in [1.54, 1.807) is 4.68 Å². The molecule has 0 saturated carbocycles. The van der Waals surface area contributed by atoms with Gasteiger partial charge in [-0.15, -0.1) is 12.4 Å². The largest absolute Gasteiger partial charge is 0.369 e. The quantitative estimate of drug-likeness (QED) is 0.296. The van der Waals surface area contributed by atoms with Crippen molar-refractivity contribution < 1.29 is 8.78 Å². The highest BCUT2D eigenvalue weighted by Gasteiger charge is 2.19. The van der Waals surface area contributed by atoms with E-state index in [0.29, 0.717) is 5.56 Å². The van der Waals surface area contributed by atoms with E-state index in [0.717, 1.165) is 76.9 Å². The zero-order valence-electron chi connectivity index (χ0n) is 21.3. The number of piperazine rings is 1. The molecule has 196 valence electrons. The van der Waals surface area contributed by atoms with Gasteiger partial charge in [0.05, 0.1) is 12.2 Å². The van der Waals surface area contributed by atoms with E-state index in [1.165, 1.54) is 17.8 Å². The van der Waals surface area contributed by atoms with Crippen LogP contribution in [0.15, 0.2) is 60.9 Å². The van der Waals surface area contributed by atoms with Crippen LogP contribution >= 0.6 is 12.4 Å². The second kappa shape index (κ2) is 10.6. The van der Waals surface area contributed by atoms with Crippen molar-refractivity contribution in [3.8, 4) is 22.3 Å². The Bertz CT molecular complexity index is 1560. The Balaban J connectivity index is 0.00000294. The molecule has 6 rings (SSSR count). The molecule has 0 amide bonds. The fourth-order valence-electron chi connectivity index (χ4n) is 5.27. The third-order valence-corrected chi connectivity index (χ3v) is 7.12. The van der Waals surface area contributed by atoms with Crippen LogP contribution in [0.3, 0.4) is 0 Å². The lowest BCUT2D eigenvalue weighted by Crippen LogP contribution is -2.43. The first-order valence-electron chi connectivity index (χ1n) is 12.5. The molecule has 0 unspecified atom stereocenters. The summed E-state index contributed by atoms with van der Waals surface area (Å²) in [5.74, 6) is -1.18. The maximum Gasteiger partial charge on any atom is 0.137 e. The van der Waals surface area contributed by atoms with Crippen LogP contribution in [0.25, 0.3) is 33.3 Å². The molecule has 0 aliphatic carbocycles. The van der Waals surface area contributed by atoms with Gasteiger partial charge in [-0.05, 0) is 55.3 Å². The molecule has 0 spiro atoms. The molecule has 38 heavy (non-hydrogen) atoms. The minimum absolute atomic E-state index is 0. The van der Waals surface area contributed by atoms with E-state index in [9.17, 15) is 8.78 Å². The predicted molar refractivity (Wildman–Crippen MR) is 150 cm³/mol. The molecular weight excluding hydrogens is 506 g/mol. The van der Waals surface area contributed by atoms with Crippen molar-refractivity contribution in [2.75, 3.05) is 31.1 Å². The maximum absolute atomic E-state index is 13.7. The Morgan fingerprint density at radius 2 is 1.63 bits per heavy atom. The van der Waals surface area contributed by atoms with Crippen molar-refractivity contribution in [1.82, 2.24) is 25.1 Å². The SMILES string of the molecule is Cc1nn(Cc2cc(F)cc(F)c2)c(C)c1-c1c[nH]c2ncc(-c3ccc(N4CCNCC4)cc3)cc12.Cl. The van der Waals surface area contributed by atoms with Gasteiger partial charge < -0.3 is 15.2 Å². The van der Waals surface area contributed by atoms with Crippen LogP contribution in [0.1, 0.15) is 17.0 Å². The first kappa shape index (κ1) is 25.9. The van der Waals surface area contributed by atoms with Crippen LogP contribution in [-0.2, 0) is 6.54 Å². The number of benzene rings is 2. The van der Waals surface area contributed by atoms with Gasteiger partial charge >= 0.3 is 0 Å². The number of nitrogens with one attached hydrogen (secondary N) is 2. The maximum atomic E-state index is 13.7. The minimum Gasteiger partial charge on any atom is -0.369 e. The molecule has 1 aliphatic rings. The van der Waals surface area contributed by atoms with Gasteiger partial charge in [-0.3, -0.25) is 4.68 Å². The molecule has 5 aromatic rings. The number of nitrogens with zero attached hydrogens (tertiary/aromatic N) is 4. The highest BCUT2D eigenvalue weighted by atomic mass is 35.5. The van der Waals surface area contributed by atoms with Gasteiger partial charge in [-0.25, -0.2) is 13.8 Å². The monoisotopic (exact) mass is 534 g/mol. The van der Waals surface area contributed by atoms with Gasteiger partial charge in [0, 0.05) is 78.1 Å². The summed E-state index contributed by atoms with van der Waals surface area (Å²) in [5.41, 5.74) is 8.49. The first-order chi connectivity index (χ1) is 18.0. The van der Waals surface area contributed by atoms with E-state index >= 15 is 0 Å². The predicted octanol–water partition coefficient (Wildman–Crippen LogP) is 5.87. The lowest BCUT2D eigenvalue weighted by molar-refractivity contribution is 0.573. The minimum atomic E-state index is -0.590. The molecular formula is C29H29ClF2N6. The molecule has 0 bridgehead atoms. The molecule has 4 heterocycles. The third kappa shape index (κ3) is 4.89. The fraction of sp³-hybridized carbons (Fsp3) is 0.241. The number of aromatic amines is 1. The van der Waals surface area contributed by atoms with Gasteiger partial charge in [0.2, 0.25) is 0 Å². The summed E-state index contributed by atoms with van der Waals surface area (Å²) in [6.07, 6.45) is 3.85. The zero-order chi connectivity index (χ0) is 25.5. The van der Waals surface area contributed by atoms with Crippen molar-refractivity contribution in [3.63, 3.8) is 0 Å². The highest BCUT2D eigenvalue weighted by Crippen LogP contribution is 2.35. The fourth-order valence-corrected chi connectivity index (χ4v) is 5.27. The first-order valence-corrected chi connectivity index (χ1v) is 12.5. The molecule has 3 aromatic heterocycles. The van der Waals surface area contributed by atoms with Crippen molar-refractivity contribution in [2.24, 2.45) is 0 Å². The second-order valence-corrected chi connectivity index (χ2v) is 9.59. The third-order valence-electron chi connectivity index (χ3n) is 7.12. The summed E-state index contributed by atoms with van der Waals surface area (Å²) < 4.78 is 29.2. The van der Waals surface area contributed by atoms with Gasteiger partial charge in [0.15, 0.2) is 0 Å². The number of pyridine rings is 1. The Morgan fingerprint density at radius 1 is 0.921 bits per heavy atom. The molecule has 9 heteroatoms. The van der Waals surface area contributed by atoms with Crippen LogP contribution < -0.4 is 10.2 Å². The Hall–Kier alpha value is -3.75. The molecule has 2 N–H and O–H groups in total. The summed E-state index contributed by atoms with van der Waals surface area (Å²) >= 11 is 0. The number of aromatic nitrogens is 4. The van der Waals surface area contributed by atoms with Crippen LogP contribution in [0.4, 0.5) is 14.5 Å². The van der Waals surface area contributed by atoms with E-state index < -0.39 is 11.6 Å². The van der Waals surface area contributed by atoms with Crippen LogP contribution in [-0.4, -0.2) is 45.9 Å². The topological polar surface area (TPSA) is 61.8 Å². The number of anilines is 1. The normalized spacial score (nSPS) is 13.6. The summed E-state index contributed by atoms with van der Waals surface area (Å²) in [7, 11) is 0. The summed E-state index contributed by atoms with van der Waals surface area (Å²) in [6.45, 7) is 8.26. The molecule has 1 fully saturated rings. The summed E-state index contributed by atoms with van der Waals surface area (Å²) in [4.78, 5) is 10.4. The number of aryl methyl sites for hydroxylation is 1. The average molecular weight is 535 g/mol. The number of halogens is 3. The molecule has 2 aromatic carbocycles. The van der Waals surface area contributed by atoms with Crippen molar-refractivity contribution in [2.45, 2.75) is 20.4 Å². The molecule has 6 nitrogen and oxygen atoms in total. The van der Waals surface area contributed by atoms with Gasteiger partial charge in [-0.1, -0.05) is 12.1 Å². The van der Waals surface area contributed by atoms with Crippen LogP contribution in [0.2, 0.25) is 0 Å². The average Bonchev–Trinajstić information content (AvgIpc) is 3.43. The Morgan fingerprint density at radius 3 is 2.34 bits per heavy atom. The molecule has 1 aliphatic heterocycles. The second-order valence-electron chi connectivity index (χ2n) is 9.59. The molecule has 0 atom stereocenters. The smallest absolute Gasteiger partial charge is 0.137 e. The lowest BCUT2D eigenvalue weighted by Gasteiger charge is -2.29. The van der Waals surface area contributed by atoms with Gasteiger partial charge in [0.25, 0.3) is 0 Å². The van der Waals surface area contributed by atoms with E-state index in [4.69, 9.17) is 5.10 Å². The van der Waals surface area contributed by atoms with Gasteiger partial charge in [-0.2, -0.15) is 5.10 Å². The number of fused-ring (bicyclic) bond motifs is 1. The standard InChI is InChI=1S/C29H28F2N6.ClH/c1-18-28(19(2)37(35-18)17-20-11-23(30)14-24(31)12-20)27-16-34-29-26(27)13-22(15-33-29)21-3-5-25(6-4-21)36-9-7-32-8-10-36;/h3-6,11-16,32H,7-10,17H2,1-2H3,(H,33,34);1H. The van der Waals surface area contributed by atoms with Gasteiger partial charge in [0.1, 0.15) is 17.3 Å². The van der Waals surface area contributed by atoms with E-state index in [2.05, 4.69) is 50.5 Å². The number of rotatable bonds is 5. The zero-order valence-corrected chi connectivity index (χ0v) is 22.1. The summed E-state index contributed by atoms with van der Waals surface area (Å²) in [6, 6.07) is 14.4. The Kier molecular flexibility index (Phi) is 7.19. The van der Waals surface area contributed by atoms with E-state index in [1.807, 2.05) is 26.2 Å². The van der Waals surface area contributed by atoms with E-state index in [-0.39, 0.29) is 19.0 Å². The number of H-pyrrole nitrogens is 1.